The van der Waals surface area contributed by atoms with Gasteiger partial charge in [0.15, 0.2) is 0 Å². The number of rotatable bonds is 5. The van der Waals surface area contributed by atoms with Crippen LogP contribution in [0.5, 0.6) is 0 Å². The highest BCUT2D eigenvalue weighted by Crippen LogP contribution is 2.20. The zero-order valence-electron chi connectivity index (χ0n) is 9.29. The normalized spacial score (nSPS) is 13.5. The third-order valence-electron chi connectivity index (χ3n) is 2.34. The van der Waals surface area contributed by atoms with Crippen molar-refractivity contribution in [3.63, 3.8) is 0 Å². The van der Waals surface area contributed by atoms with Crippen LogP contribution in [0.4, 0.5) is 0 Å². The number of hydrogen-bond donors (Lipinski definition) is 1. The highest BCUT2D eigenvalue weighted by molar-refractivity contribution is 7.09. The lowest BCUT2D eigenvalue weighted by Crippen LogP contribution is -2.08. The zero-order valence-corrected chi connectivity index (χ0v) is 10.1. The molecule has 0 aromatic carbocycles. The second-order valence-corrected chi connectivity index (χ2v) is 5.15. The van der Waals surface area contributed by atoms with Crippen molar-refractivity contribution in [2.75, 3.05) is 6.54 Å². The van der Waals surface area contributed by atoms with E-state index in [0.717, 1.165) is 19.4 Å². The molecule has 1 atom stereocenters. The standard InChI is InChI=1S/C11H20N2S/c1-8(2)10-7-14-11(13-10)6-9(3)4-5-12/h7-9H,4-6,12H2,1-3H3. The van der Waals surface area contributed by atoms with Gasteiger partial charge in [-0.1, -0.05) is 20.8 Å². The molecular weight excluding hydrogens is 192 g/mol. The first-order valence-corrected chi connectivity index (χ1v) is 6.15. The van der Waals surface area contributed by atoms with Crippen LogP contribution >= 0.6 is 11.3 Å². The highest BCUT2D eigenvalue weighted by atomic mass is 32.1. The fraction of sp³-hybridized carbons (Fsp3) is 0.727. The average molecular weight is 212 g/mol. The number of nitrogens with zero attached hydrogens (tertiary/aromatic N) is 1. The lowest BCUT2D eigenvalue weighted by molar-refractivity contribution is 0.536. The van der Waals surface area contributed by atoms with E-state index >= 15 is 0 Å². The minimum atomic E-state index is 0.546. The summed E-state index contributed by atoms with van der Waals surface area (Å²) in [6.45, 7) is 7.39. The fourth-order valence-electron chi connectivity index (χ4n) is 1.37. The topological polar surface area (TPSA) is 38.9 Å². The van der Waals surface area contributed by atoms with E-state index in [1.54, 1.807) is 11.3 Å². The van der Waals surface area contributed by atoms with Gasteiger partial charge in [-0.15, -0.1) is 11.3 Å². The van der Waals surface area contributed by atoms with Crippen molar-refractivity contribution in [2.24, 2.45) is 11.7 Å². The Kier molecular flexibility index (Phi) is 4.55. The Bertz CT molecular complexity index is 268. The van der Waals surface area contributed by atoms with Crippen molar-refractivity contribution in [1.29, 1.82) is 0 Å². The summed E-state index contributed by atoms with van der Waals surface area (Å²) in [5.74, 6) is 1.20. The van der Waals surface area contributed by atoms with Crippen LogP contribution in [0.3, 0.4) is 0 Å². The van der Waals surface area contributed by atoms with Crippen molar-refractivity contribution in [3.8, 4) is 0 Å². The second-order valence-electron chi connectivity index (χ2n) is 4.21. The van der Waals surface area contributed by atoms with Gasteiger partial charge in [0.1, 0.15) is 0 Å². The third kappa shape index (κ3) is 3.39. The molecule has 0 radical (unpaired) electrons. The highest BCUT2D eigenvalue weighted by Gasteiger charge is 2.08. The van der Waals surface area contributed by atoms with Crippen LogP contribution in [-0.4, -0.2) is 11.5 Å². The molecule has 80 valence electrons. The molecule has 0 bridgehead atoms. The maximum Gasteiger partial charge on any atom is 0.0931 e. The van der Waals surface area contributed by atoms with Gasteiger partial charge in [-0.3, -0.25) is 0 Å². The van der Waals surface area contributed by atoms with Crippen LogP contribution in [0.2, 0.25) is 0 Å². The summed E-state index contributed by atoms with van der Waals surface area (Å²) in [4.78, 5) is 4.61. The lowest BCUT2D eigenvalue weighted by atomic mass is 10.0. The van der Waals surface area contributed by atoms with Crippen LogP contribution in [0, 0.1) is 5.92 Å². The molecule has 0 aliphatic heterocycles. The predicted molar refractivity (Wildman–Crippen MR) is 62.7 cm³/mol. The Morgan fingerprint density at radius 1 is 1.43 bits per heavy atom. The van der Waals surface area contributed by atoms with Crippen molar-refractivity contribution in [2.45, 2.75) is 39.5 Å². The maximum absolute atomic E-state index is 5.52. The van der Waals surface area contributed by atoms with Crippen LogP contribution in [0.25, 0.3) is 0 Å². The van der Waals surface area contributed by atoms with Crippen molar-refractivity contribution in [1.82, 2.24) is 4.98 Å². The van der Waals surface area contributed by atoms with Gasteiger partial charge >= 0.3 is 0 Å². The first-order chi connectivity index (χ1) is 6.63. The summed E-state index contributed by atoms with van der Waals surface area (Å²) < 4.78 is 0. The molecule has 0 spiro atoms. The molecule has 14 heavy (non-hydrogen) atoms. The Morgan fingerprint density at radius 2 is 2.14 bits per heavy atom. The molecule has 1 heterocycles. The molecule has 0 amide bonds. The molecular formula is C11H20N2S. The molecule has 0 fully saturated rings. The average Bonchev–Trinajstić information content (AvgIpc) is 2.53. The van der Waals surface area contributed by atoms with E-state index in [0.29, 0.717) is 11.8 Å². The molecule has 1 rings (SSSR count). The van der Waals surface area contributed by atoms with Gasteiger partial charge in [-0.25, -0.2) is 4.98 Å². The molecule has 0 saturated heterocycles. The summed E-state index contributed by atoms with van der Waals surface area (Å²) in [6, 6.07) is 0. The molecule has 1 aromatic heterocycles. The van der Waals surface area contributed by atoms with E-state index in [9.17, 15) is 0 Å². The smallest absolute Gasteiger partial charge is 0.0931 e. The minimum Gasteiger partial charge on any atom is -0.330 e. The van der Waals surface area contributed by atoms with E-state index in [4.69, 9.17) is 5.73 Å². The molecule has 1 unspecified atom stereocenters. The lowest BCUT2D eigenvalue weighted by Gasteiger charge is -2.06. The molecule has 1 aromatic rings. The molecule has 3 heteroatoms. The Balaban J connectivity index is 2.51. The Hall–Kier alpha value is -0.410. The summed E-state index contributed by atoms with van der Waals surface area (Å²) >= 11 is 1.78. The van der Waals surface area contributed by atoms with Gasteiger partial charge in [0.25, 0.3) is 0 Å². The predicted octanol–water partition coefficient (Wildman–Crippen LogP) is 2.79. The largest absolute Gasteiger partial charge is 0.330 e. The second kappa shape index (κ2) is 5.47. The van der Waals surface area contributed by atoms with Crippen LogP contribution < -0.4 is 5.73 Å². The first kappa shape index (κ1) is 11.7. The first-order valence-electron chi connectivity index (χ1n) is 5.27. The van der Waals surface area contributed by atoms with Gasteiger partial charge in [0.2, 0.25) is 0 Å². The Morgan fingerprint density at radius 3 is 2.64 bits per heavy atom. The minimum absolute atomic E-state index is 0.546. The fourth-order valence-corrected chi connectivity index (χ4v) is 2.49. The molecule has 0 aliphatic rings. The number of aromatic nitrogens is 1. The molecule has 2 N–H and O–H groups in total. The summed E-state index contributed by atoms with van der Waals surface area (Å²) in [6.07, 6.45) is 2.17. The van der Waals surface area contributed by atoms with E-state index in [1.165, 1.54) is 10.7 Å². The number of nitrogens with two attached hydrogens (primary N) is 1. The van der Waals surface area contributed by atoms with Crippen LogP contribution in [0.1, 0.15) is 43.8 Å². The molecule has 0 saturated carbocycles. The quantitative estimate of drug-likeness (QED) is 0.815. The van der Waals surface area contributed by atoms with Gasteiger partial charge in [-0.05, 0) is 24.8 Å². The molecule has 0 aliphatic carbocycles. The van der Waals surface area contributed by atoms with Gasteiger partial charge in [0.05, 0.1) is 10.7 Å². The van der Waals surface area contributed by atoms with Crippen LogP contribution in [-0.2, 0) is 6.42 Å². The zero-order chi connectivity index (χ0) is 10.6. The summed E-state index contributed by atoms with van der Waals surface area (Å²) in [5, 5.41) is 3.43. The monoisotopic (exact) mass is 212 g/mol. The summed E-state index contributed by atoms with van der Waals surface area (Å²) in [5.41, 5.74) is 6.75. The van der Waals surface area contributed by atoms with E-state index in [1.807, 2.05) is 0 Å². The maximum atomic E-state index is 5.52. The van der Waals surface area contributed by atoms with E-state index in [-0.39, 0.29) is 0 Å². The van der Waals surface area contributed by atoms with E-state index < -0.39 is 0 Å². The van der Waals surface area contributed by atoms with Gasteiger partial charge in [-0.2, -0.15) is 0 Å². The van der Waals surface area contributed by atoms with Gasteiger partial charge < -0.3 is 5.73 Å². The van der Waals surface area contributed by atoms with Crippen molar-refractivity contribution >= 4 is 11.3 Å². The SMILES string of the molecule is CC(CCN)Cc1nc(C(C)C)cs1. The summed E-state index contributed by atoms with van der Waals surface area (Å²) in [7, 11) is 0. The Labute approximate surface area is 90.6 Å². The third-order valence-corrected chi connectivity index (χ3v) is 3.23. The van der Waals surface area contributed by atoms with E-state index in [2.05, 4.69) is 31.1 Å². The van der Waals surface area contributed by atoms with Crippen LogP contribution in [0.15, 0.2) is 5.38 Å². The number of thiazole rings is 1. The number of hydrogen-bond acceptors (Lipinski definition) is 3. The van der Waals surface area contributed by atoms with Crippen molar-refractivity contribution in [3.05, 3.63) is 16.1 Å². The van der Waals surface area contributed by atoms with Crippen molar-refractivity contribution < 1.29 is 0 Å². The van der Waals surface area contributed by atoms with Gasteiger partial charge in [0, 0.05) is 11.8 Å². The molecule has 2 nitrogen and oxygen atoms in total.